The molecule has 0 atom stereocenters. The summed E-state index contributed by atoms with van der Waals surface area (Å²) in [5.41, 5.74) is 5.11. The van der Waals surface area contributed by atoms with Gasteiger partial charge in [0.1, 0.15) is 11.6 Å². The largest absolute Gasteiger partial charge is 0.500 e. The maximum absolute atomic E-state index is 7.03. The summed E-state index contributed by atoms with van der Waals surface area (Å²) >= 11 is 0. The van der Waals surface area contributed by atoms with E-state index in [1.54, 1.807) is 7.11 Å². The summed E-state index contributed by atoms with van der Waals surface area (Å²) in [4.78, 5) is 0. The third kappa shape index (κ3) is 3.65. The molecular formula is C8H18N2O. The number of nitrogens with one attached hydrogen (secondary N) is 1. The lowest BCUT2D eigenvalue weighted by Gasteiger charge is -2.20. The van der Waals surface area contributed by atoms with Crippen LogP contribution >= 0.6 is 0 Å². The number of allylic oxidation sites excluding steroid dienone is 1. The van der Waals surface area contributed by atoms with Crippen LogP contribution in [0.5, 0.6) is 0 Å². The van der Waals surface area contributed by atoms with E-state index in [0.29, 0.717) is 0 Å². The Kier molecular flexibility index (Phi) is 3.11. The van der Waals surface area contributed by atoms with Crippen molar-refractivity contribution >= 4 is 5.84 Å². The van der Waals surface area contributed by atoms with Gasteiger partial charge in [0, 0.05) is 12.9 Å². The zero-order chi connectivity index (χ0) is 9.07. The van der Waals surface area contributed by atoms with Crippen LogP contribution in [-0.4, -0.2) is 12.9 Å². The van der Waals surface area contributed by atoms with Crippen LogP contribution in [-0.2, 0) is 4.74 Å². The maximum atomic E-state index is 7.03. The standard InChI is InChI=1S/C8H16N2O.H2/c1-8(2,3)6(11-4)5-7(9)10;/h5H,1-4H3,(H3,9,10);1H/b6-5-;. The number of amidine groups is 1. The molecule has 0 aliphatic carbocycles. The van der Waals surface area contributed by atoms with Gasteiger partial charge in [-0.3, -0.25) is 5.41 Å². The first-order valence-electron chi connectivity index (χ1n) is 3.48. The predicted octanol–water partition coefficient (Wildman–Crippen LogP) is 1.74. The number of methoxy groups -OCH3 is 1. The summed E-state index contributed by atoms with van der Waals surface area (Å²) in [7, 11) is 1.58. The molecule has 0 aliphatic rings. The molecule has 0 saturated carbocycles. The molecule has 3 N–H and O–H groups in total. The number of hydrogen-bond acceptors (Lipinski definition) is 2. The second-order valence-corrected chi connectivity index (χ2v) is 3.42. The van der Waals surface area contributed by atoms with Crippen LogP contribution in [0.1, 0.15) is 22.2 Å². The highest BCUT2D eigenvalue weighted by molar-refractivity contribution is 5.89. The fraction of sp³-hybridized carbons (Fsp3) is 0.625. The van der Waals surface area contributed by atoms with Gasteiger partial charge in [-0.15, -0.1) is 0 Å². The minimum atomic E-state index is -0.0829. The van der Waals surface area contributed by atoms with E-state index in [1.165, 1.54) is 6.08 Å². The highest BCUT2D eigenvalue weighted by Crippen LogP contribution is 2.24. The van der Waals surface area contributed by atoms with Crippen molar-refractivity contribution in [1.29, 1.82) is 5.41 Å². The van der Waals surface area contributed by atoms with Crippen molar-refractivity contribution in [3.05, 3.63) is 11.8 Å². The molecule has 0 radical (unpaired) electrons. The van der Waals surface area contributed by atoms with Crippen LogP contribution in [0.15, 0.2) is 11.8 Å². The van der Waals surface area contributed by atoms with Gasteiger partial charge in [0.2, 0.25) is 0 Å². The molecule has 0 heterocycles. The van der Waals surface area contributed by atoms with Crippen LogP contribution < -0.4 is 5.73 Å². The third-order valence-electron chi connectivity index (χ3n) is 1.25. The average Bonchev–Trinajstić information content (AvgIpc) is 1.79. The van der Waals surface area contributed by atoms with Crippen molar-refractivity contribution in [2.24, 2.45) is 11.1 Å². The van der Waals surface area contributed by atoms with Crippen molar-refractivity contribution in [2.75, 3.05) is 7.11 Å². The first-order valence-corrected chi connectivity index (χ1v) is 3.48. The van der Waals surface area contributed by atoms with E-state index in [-0.39, 0.29) is 12.7 Å². The summed E-state index contributed by atoms with van der Waals surface area (Å²) in [5.74, 6) is 0.752. The molecule has 0 aromatic rings. The summed E-state index contributed by atoms with van der Waals surface area (Å²) in [5, 5.41) is 7.03. The molecule has 0 bridgehead atoms. The summed E-state index contributed by atoms with van der Waals surface area (Å²) in [6.07, 6.45) is 1.53. The van der Waals surface area contributed by atoms with E-state index >= 15 is 0 Å². The zero-order valence-electron chi connectivity index (χ0n) is 7.56. The third-order valence-corrected chi connectivity index (χ3v) is 1.25. The Labute approximate surface area is 69.2 Å². The first-order chi connectivity index (χ1) is 4.88. The van der Waals surface area contributed by atoms with Gasteiger partial charge < -0.3 is 10.5 Å². The highest BCUT2D eigenvalue weighted by Gasteiger charge is 2.17. The molecule has 0 fully saturated rings. The van der Waals surface area contributed by atoms with Crippen LogP contribution in [0.3, 0.4) is 0 Å². The molecule has 3 heteroatoms. The second-order valence-electron chi connectivity index (χ2n) is 3.42. The number of nitrogens with two attached hydrogens (primary N) is 1. The fourth-order valence-electron chi connectivity index (χ4n) is 0.723. The molecule has 11 heavy (non-hydrogen) atoms. The molecule has 66 valence electrons. The van der Waals surface area contributed by atoms with Gasteiger partial charge >= 0.3 is 0 Å². The van der Waals surface area contributed by atoms with Crippen LogP contribution in [0.2, 0.25) is 0 Å². The summed E-state index contributed by atoms with van der Waals surface area (Å²) in [6.45, 7) is 6.02. The number of rotatable bonds is 2. The van der Waals surface area contributed by atoms with E-state index in [1.807, 2.05) is 20.8 Å². The summed E-state index contributed by atoms with van der Waals surface area (Å²) in [6, 6.07) is 0. The van der Waals surface area contributed by atoms with Crippen molar-refractivity contribution in [3.63, 3.8) is 0 Å². The summed E-state index contributed by atoms with van der Waals surface area (Å²) < 4.78 is 5.07. The Morgan fingerprint density at radius 3 is 2.09 bits per heavy atom. The topological polar surface area (TPSA) is 59.1 Å². The van der Waals surface area contributed by atoms with Crippen molar-refractivity contribution in [2.45, 2.75) is 20.8 Å². The minimum absolute atomic E-state index is 0. The molecule has 0 amide bonds. The normalized spacial score (nSPS) is 12.9. The SMILES string of the molecule is CO/C(=C\C(=N)N)C(C)(C)C.[HH]. The lowest BCUT2D eigenvalue weighted by molar-refractivity contribution is 0.207. The van der Waals surface area contributed by atoms with Gasteiger partial charge in [0.05, 0.1) is 7.11 Å². The Balaban J connectivity index is 0. The quantitative estimate of drug-likeness (QED) is 0.365. The Morgan fingerprint density at radius 1 is 1.55 bits per heavy atom. The molecular weight excluding hydrogens is 140 g/mol. The first kappa shape index (κ1) is 10.0. The van der Waals surface area contributed by atoms with Crippen LogP contribution in [0, 0.1) is 10.8 Å². The van der Waals surface area contributed by atoms with E-state index in [0.717, 1.165) is 5.76 Å². The van der Waals surface area contributed by atoms with Gasteiger partial charge in [-0.25, -0.2) is 0 Å². The van der Waals surface area contributed by atoms with Crippen molar-refractivity contribution in [1.82, 2.24) is 0 Å². The molecule has 0 aromatic carbocycles. The van der Waals surface area contributed by atoms with Gasteiger partial charge in [-0.05, 0) is 0 Å². The molecule has 0 unspecified atom stereocenters. The van der Waals surface area contributed by atoms with Gasteiger partial charge in [-0.1, -0.05) is 20.8 Å². The monoisotopic (exact) mass is 158 g/mol. The molecule has 0 aliphatic heterocycles. The Bertz CT molecular complexity index is 182. The maximum Gasteiger partial charge on any atom is 0.118 e. The lowest BCUT2D eigenvalue weighted by atomic mass is 9.93. The van der Waals surface area contributed by atoms with Crippen LogP contribution in [0.4, 0.5) is 0 Å². The average molecular weight is 158 g/mol. The predicted molar refractivity (Wildman–Crippen MR) is 48.6 cm³/mol. The van der Waals surface area contributed by atoms with Gasteiger partial charge in [0.25, 0.3) is 0 Å². The van der Waals surface area contributed by atoms with Gasteiger partial charge in [0.15, 0.2) is 0 Å². The van der Waals surface area contributed by atoms with E-state index in [2.05, 4.69) is 0 Å². The molecule has 0 spiro atoms. The second kappa shape index (κ2) is 3.42. The van der Waals surface area contributed by atoms with Crippen LogP contribution in [0.25, 0.3) is 0 Å². The smallest absolute Gasteiger partial charge is 0.118 e. The lowest BCUT2D eigenvalue weighted by Crippen LogP contribution is -2.15. The number of ether oxygens (including phenoxy) is 1. The van der Waals surface area contributed by atoms with Crippen molar-refractivity contribution < 1.29 is 6.16 Å². The molecule has 3 nitrogen and oxygen atoms in total. The van der Waals surface area contributed by atoms with E-state index in [4.69, 9.17) is 15.9 Å². The Morgan fingerprint density at radius 2 is 2.00 bits per heavy atom. The highest BCUT2D eigenvalue weighted by atomic mass is 16.5. The van der Waals surface area contributed by atoms with E-state index < -0.39 is 0 Å². The molecule has 0 aromatic heterocycles. The number of hydrogen-bond donors (Lipinski definition) is 2. The fourth-order valence-corrected chi connectivity index (χ4v) is 0.723. The Hall–Kier alpha value is -0.990. The minimum Gasteiger partial charge on any atom is -0.500 e. The van der Waals surface area contributed by atoms with Gasteiger partial charge in [-0.2, -0.15) is 0 Å². The van der Waals surface area contributed by atoms with Crippen molar-refractivity contribution in [3.8, 4) is 0 Å². The molecule has 0 saturated heterocycles. The molecule has 0 rings (SSSR count). The zero-order valence-corrected chi connectivity index (χ0v) is 7.56. The van der Waals surface area contributed by atoms with E-state index in [9.17, 15) is 0 Å².